The van der Waals surface area contributed by atoms with Gasteiger partial charge in [0.15, 0.2) is 0 Å². The van der Waals surface area contributed by atoms with Crippen LogP contribution in [0.4, 0.5) is 32.3 Å². The molecule has 2 saturated heterocycles. The topological polar surface area (TPSA) is 67.8 Å². The lowest BCUT2D eigenvalue weighted by atomic mass is 9.99. The van der Waals surface area contributed by atoms with Gasteiger partial charge >= 0.3 is 12.4 Å². The van der Waals surface area contributed by atoms with Gasteiger partial charge in [-0.3, -0.25) is 4.79 Å². The molecular weight excluding hydrogens is 648 g/mol. The Morgan fingerprint density at radius 3 is 2.00 bits per heavy atom. The summed E-state index contributed by atoms with van der Waals surface area (Å²) in [5.41, 5.74) is -2.13. The zero-order valence-electron chi connectivity index (χ0n) is 27.6. The molecule has 1 amide bonds. The molecule has 1 N–H and O–H groups in total. The van der Waals surface area contributed by atoms with Gasteiger partial charge in [-0.25, -0.2) is 9.97 Å². The minimum Gasteiger partial charge on any atom is -0.338 e. The van der Waals surface area contributed by atoms with E-state index in [1.165, 1.54) is 26.3 Å². The summed E-state index contributed by atoms with van der Waals surface area (Å²) in [4.78, 5) is 30.6. The average Bonchev–Trinajstić information content (AvgIpc) is 3.07. The van der Waals surface area contributed by atoms with Crippen molar-refractivity contribution >= 4 is 22.6 Å². The van der Waals surface area contributed by atoms with Crippen LogP contribution in [0.25, 0.3) is 22.0 Å². The maximum atomic E-state index is 13.8. The van der Waals surface area contributed by atoms with Crippen LogP contribution in [-0.4, -0.2) is 104 Å². The number of halogens is 6. The minimum absolute atomic E-state index is 0.0643. The maximum absolute atomic E-state index is 13.8. The van der Waals surface area contributed by atoms with Gasteiger partial charge in [-0.1, -0.05) is 42.5 Å². The highest BCUT2D eigenvalue weighted by Crippen LogP contribution is 2.37. The third-order valence-electron chi connectivity index (χ3n) is 8.59. The molecule has 2 fully saturated rings. The van der Waals surface area contributed by atoms with E-state index in [-0.39, 0.29) is 17.2 Å². The van der Waals surface area contributed by atoms with Gasteiger partial charge in [-0.2, -0.15) is 26.3 Å². The normalized spacial score (nSPS) is 16.3. The van der Waals surface area contributed by atoms with E-state index < -0.39 is 35.9 Å². The third-order valence-corrected chi connectivity index (χ3v) is 8.59. The Hall–Kier alpha value is -4.27. The Kier molecular flexibility index (Phi) is 11.1. The molecule has 6 rings (SSSR count). The molecule has 0 aliphatic carbocycles. The molecule has 0 spiro atoms. The van der Waals surface area contributed by atoms with Crippen molar-refractivity contribution in [2.75, 3.05) is 78.4 Å². The predicted molar refractivity (Wildman–Crippen MR) is 177 cm³/mol. The van der Waals surface area contributed by atoms with Crippen molar-refractivity contribution in [2.45, 2.75) is 18.9 Å². The molecule has 3 heterocycles. The number of nitrogens with zero attached hydrogens (tertiary/aromatic N) is 6. The molecule has 0 radical (unpaired) electrons. The molecule has 1 aromatic heterocycles. The molecule has 0 saturated carbocycles. The number of benzene rings is 3. The van der Waals surface area contributed by atoms with Crippen LogP contribution in [0.5, 0.6) is 0 Å². The van der Waals surface area contributed by atoms with Gasteiger partial charge in [0.25, 0.3) is 5.91 Å². The molecule has 8 nitrogen and oxygen atoms in total. The first-order chi connectivity index (χ1) is 23.2. The number of nitrogens with one attached hydrogen (secondary N) is 1. The molecule has 0 bridgehead atoms. The number of fused-ring (bicyclic) bond motifs is 1. The van der Waals surface area contributed by atoms with Crippen LogP contribution in [0, 0.1) is 0 Å². The van der Waals surface area contributed by atoms with Gasteiger partial charge in [0.1, 0.15) is 0 Å². The monoisotopic (exact) mass is 687 g/mol. The Bertz CT molecular complexity index is 1710. The fraction of sp³-hybridized carbons (Fsp3) is 0.400. The largest absolute Gasteiger partial charge is 0.416 e. The van der Waals surface area contributed by atoms with Crippen molar-refractivity contribution in [3.8, 4) is 11.3 Å². The first kappa shape index (κ1) is 36.0. The van der Waals surface area contributed by atoms with Gasteiger partial charge in [-0.15, -0.1) is 0 Å². The summed E-state index contributed by atoms with van der Waals surface area (Å²) in [6.45, 7) is 7.19. The smallest absolute Gasteiger partial charge is 0.338 e. The lowest BCUT2D eigenvalue weighted by Gasteiger charge is -2.32. The van der Waals surface area contributed by atoms with Crippen molar-refractivity contribution < 1.29 is 31.1 Å². The average molecular weight is 688 g/mol. The van der Waals surface area contributed by atoms with Crippen LogP contribution in [0.2, 0.25) is 0 Å². The molecule has 14 heteroatoms. The number of piperazine rings is 2. The lowest BCUT2D eigenvalue weighted by Crippen LogP contribution is -2.45. The number of anilines is 1. The van der Waals surface area contributed by atoms with Crippen molar-refractivity contribution in [2.24, 2.45) is 0 Å². The molecular formula is C35H39F6N7O. The number of hydrogen-bond donors (Lipinski definition) is 1. The molecule has 49 heavy (non-hydrogen) atoms. The van der Waals surface area contributed by atoms with E-state index in [0.717, 1.165) is 41.9 Å². The molecule has 4 aromatic rings. The van der Waals surface area contributed by atoms with E-state index in [1.807, 2.05) is 54.4 Å². The van der Waals surface area contributed by atoms with Crippen LogP contribution in [0.15, 0.2) is 66.9 Å². The second kappa shape index (κ2) is 15.1. The standard InChI is InChI=1S/C30H27F6N5O.C5H12N2/c1-39-10-12-41(13-11-39)28-37-17-25(26(38-28)24-9-5-7-20-6-3-4-8-23(20)24)27(42)40(2)18-19-14-21(29(31,32)33)16-22(15-19)30(34,35)36;1-7-4-2-6-3-5-7/h3-9,14-17H,10-13,18H2,1-2H3;6H,2-5H2,1H3. The van der Waals surface area contributed by atoms with E-state index in [1.54, 1.807) is 0 Å². The van der Waals surface area contributed by atoms with E-state index >= 15 is 0 Å². The number of amides is 1. The number of carbonyl (C=O) groups is 1. The molecule has 0 atom stereocenters. The first-order valence-electron chi connectivity index (χ1n) is 15.9. The summed E-state index contributed by atoms with van der Waals surface area (Å²) < 4.78 is 80.4. The van der Waals surface area contributed by atoms with Crippen molar-refractivity contribution in [3.05, 3.63) is 89.1 Å². The quantitative estimate of drug-likeness (QED) is 0.263. The van der Waals surface area contributed by atoms with Crippen LogP contribution >= 0.6 is 0 Å². The number of aromatic nitrogens is 2. The molecule has 2 aliphatic rings. The van der Waals surface area contributed by atoms with E-state index in [0.29, 0.717) is 42.4 Å². The van der Waals surface area contributed by atoms with E-state index in [9.17, 15) is 31.1 Å². The highest BCUT2D eigenvalue weighted by atomic mass is 19.4. The number of alkyl halides is 6. The fourth-order valence-corrected chi connectivity index (χ4v) is 5.76. The molecule has 0 unspecified atom stereocenters. The van der Waals surface area contributed by atoms with Gasteiger partial charge in [-0.05, 0) is 48.6 Å². The van der Waals surface area contributed by atoms with Crippen molar-refractivity contribution in [1.82, 2.24) is 30.0 Å². The van der Waals surface area contributed by atoms with Crippen LogP contribution in [-0.2, 0) is 18.9 Å². The third kappa shape index (κ3) is 9.05. The second-order valence-corrected chi connectivity index (χ2v) is 12.4. The number of hydrogen-bond acceptors (Lipinski definition) is 7. The summed E-state index contributed by atoms with van der Waals surface area (Å²) in [6.07, 6.45) is -8.61. The molecule has 2 aliphatic heterocycles. The minimum atomic E-state index is -4.99. The van der Waals surface area contributed by atoms with Gasteiger partial charge in [0.05, 0.1) is 22.4 Å². The summed E-state index contributed by atoms with van der Waals surface area (Å²) in [5, 5.41) is 5.01. The zero-order valence-corrected chi connectivity index (χ0v) is 27.6. The van der Waals surface area contributed by atoms with Gasteiger partial charge in [0.2, 0.25) is 5.95 Å². The SMILES string of the molecule is CN1CCN(c2ncc(C(=O)N(C)Cc3cc(C(F)(F)F)cc(C(F)(F)F)c3)c(-c3cccc4ccccc34)n2)CC1.CN1CCNCC1. The number of rotatable bonds is 5. The Morgan fingerprint density at radius 2 is 1.41 bits per heavy atom. The van der Waals surface area contributed by atoms with Gasteiger partial charge < -0.3 is 24.9 Å². The predicted octanol–water partition coefficient (Wildman–Crippen LogP) is 5.88. The second-order valence-electron chi connectivity index (χ2n) is 12.4. The van der Waals surface area contributed by atoms with E-state index in [2.05, 4.69) is 27.1 Å². The van der Waals surface area contributed by atoms with Crippen LogP contribution in [0.3, 0.4) is 0 Å². The Balaban J connectivity index is 0.000000595. The highest BCUT2D eigenvalue weighted by molar-refractivity contribution is 6.04. The first-order valence-corrected chi connectivity index (χ1v) is 15.9. The van der Waals surface area contributed by atoms with Crippen molar-refractivity contribution in [3.63, 3.8) is 0 Å². The molecule has 262 valence electrons. The zero-order chi connectivity index (χ0) is 35.3. The number of carbonyl (C=O) groups excluding carboxylic acids is 1. The summed E-state index contributed by atoms with van der Waals surface area (Å²) in [5.74, 6) is -0.216. The Morgan fingerprint density at radius 1 is 0.816 bits per heavy atom. The van der Waals surface area contributed by atoms with Crippen LogP contribution < -0.4 is 10.2 Å². The molecule has 3 aromatic carbocycles. The van der Waals surface area contributed by atoms with E-state index in [4.69, 9.17) is 4.98 Å². The summed E-state index contributed by atoms with van der Waals surface area (Å²) in [6, 6.07) is 14.4. The van der Waals surface area contributed by atoms with Crippen molar-refractivity contribution in [1.29, 1.82) is 0 Å². The maximum Gasteiger partial charge on any atom is 0.416 e. The fourth-order valence-electron chi connectivity index (χ4n) is 5.76. The summed E-state index contributed by atoms with van der Waals surface area (Å²) in [7, 11) is 5.48. The Labute approximate surface area is 281 Å². The number of likely N-dealkylation sites (N-methyl/N-ethyl adjacent to an activating group) is 2. The highest BCUT2D eigenvalue weighted by Gasteiger charge is 2.37. The summed E-state index contributed by atoms with van der Waals surface area (Å²) >= 11 is 0. The van der Waals surface area contributed by atoms with Crippen LogP contribution in [0.1, 0.15) is 27.0 Å². The van der Waals surface area contributed by atoms with Gasteiger partial charge in [0, 0.05) is 77.7 Å². The lowest BCUT2D eigenvalue weighted by molar-refractivity contribution is -0.143.